The van der Waals surface area contributed by atoms with Gasteiger partial charge in [-0.05, 0) is 74.8 Å². The fourth-order valence-corrected chi connectivity index (χ4v) is 5.69. The maximum atomic E-state index is 13.7. The van der Waals surface area contributed by atoms with Crippen LogP contribution < -0.4 is 10.2 Å². The standard InChI is InChI=1S/C27H37FN4O3/c1-2-23-15-20(18-34-23)16-26(33)29-22-6-3-19(4-7-22)9-10-31-11-13-32(14-12-31)27-24-17-21(28)5-8-25(24)35-30-27/h5,8,17-19,22-23H,2-4,6-7,9-16H2,1H3,(H,29,33)/t19?,22?,23-/m0/s1. The molecule has 1 saturated heterocycles. The number of aromatic nitrogens is 1. The number of carbonyl (C=O) groups excluding carboxylic acids is 1. The fraction of sp³-hybridized carbons (Fsp3) is 0.630. The lowest BCUT2D eigenvalue weighted by atomic mass is 9.84. The minimum absolute atomic E-state index is 0.139. The van der Waals surface area contributed by atoms with E-state index in [1.165, 1.54) is 31.4 Å². The molecular formula is C27H37FN4O3. The maximum Gasteiger partial charge on any atom is 0.224 e. The summed E-state index contributed by atoms with van der Waals surface area (Å²) in [5.74, 6) is 1.36. The van der Waals surface area contributed by atoms with Crippen molar-refractivity contribution in [1.82, 2.24) is 15.4 Å². The van der Waals surface area contributed by atoms with Crippen LogP contribution in [0.5, 0.6) is 0 Å². The third-order valence-corrected chi connectivity index (χ3v) is 7.91. The second-order valence-electron chi connectivity index (χ2n) is 10.4. The monoisotopic (exact) mass is 484 g/mol. The van der Waals surface area contributed by atoms with Gasteiger partial charge in [-0.3, -0.25) is 9.69 Å². The Morgan fingerprint density at radius 3 is 2.71 bits per heavy atom. The molecule has 1 aliphatic carbocycles. The number of fused-ring (bicyclic) bond motifs is 1. The molecule has 3 heterocycles. The molecule has 2 aliphatic heterocycles. The molecule has 0 unspecified atom stereocenters. The number of carbonyl (C=O) groups is 1. The topological polar surface area (TPSA) is 70.8 Å². The van der Waals surface area contributed by atoms with Crippen molar-refractivity contribution in [3.05, 3.63) is 35.9 Å². The Kier molecular flexibility index (Phi) is 7.56. The number of anilines is 1. The predicted molar refractivity (Wildman–Crippen MR) is 134 cm³/mol. The lowest BCUT2D eigenvalue weighted by molar-refractivity contribution is -0.121. The zero-order valence-electron chi connectivity index (χ0n) is 20.7. The van der Waals surface area contributed by atoms with E-state index in [2.05, 4.69) is 27.2 Å². The summed E-state index contributed by atoms with van der Waals surface area (Å²) in [5.41, 5.74) is 1.75. The highest BCUT2D eigenvalue weighted by molar-refractivity contribution is 5.88. The van der Waals surface area contributed by atoms with Crippen molar-refractivity contribution in [2.24, 2.45) is 5.92 Å². The summed E-state index contributed by atoms with van der Waals surface area (Å²) in [6.45, 7) is 6.93. The molecule has 190 valence electrons. The zero-order valence-corrected chi connectivity index (χ0v) is 20.7. The van der Waals surface area contributed by atoms with E-state index < -0.39 is 0 Å². The summed E-state index contributed by atoms with van der Waals surface area (Å²) in [6, 6.07) is 4.87. The Balaban J connectivity index is 0.993. The molecular weight excluding hydrogens is 447 g/mol. The van der Waals surface area contributed by atoms with Gasteiger partial charge in [0.05, 0.1) is 18.1 Å². The molecule has 35 heavy (non-hydrogen) atoms. The second kappa shape index (κ2) is 11.0. The summed E-state index contributed by atoms with van der Waals surface area (Å²) >= 11 is 0. The molecule has 1 aromatic carbocycles. The summed E-state index contributed by atoms with van der Waals surface area (Å²) in [4.78, 5) is 17.2. The van der Waals surface area contributed by atoms with E-state index in [1.54, 1.807) is 12.3 Å². The number of amides is 1. The Bertz CT molecular complexity index is 1040. The number of hydrogen-bond donors (Lipinski definition) is 1. The van der Waals surface area contributed by atoms with E-state index in [0.717, 1.165) is 81.1 Å². The van der Waals surface area contributed by atoms with Crippen LogP contribution in [0.3, 0.4) is 0 Å². The van der Waals surface area contributed by atoms with Gasteiger partial charge in [-0.1, -0.05) is 12.1 Å². The molecule has 1 aromatic heterocycles. The minimum atomic E-state index is -0.263. The second-order valence-corrected chi connectivity index (χ2v) is 10.4. The number of hydrogen-bond acceptors (Lipinski definition) is 6. The summed E-state index contributed by atoms with van der Waals surface area (Å²) < 4.78 is 24.6. The van der Waals surface area contributed by atoms with E-state index in [-0.39, 0.29) is 17.8 Å². The Labute approximate surface area is 206 Å². The van der Waals surface area contributed by atoms with Crippen molar-refractivity contribution in [2.75, 3.05) is 37.6 Å². The molecule has 1 N–H and O–H groups in total. The number of nitrogens with one attached hydrogen (secondary N) is 1. The van der Waals surface area contributed by atoms with Gasteiger partial charge in [-0.25, -0.2) is 4.39 Å². The number of halogens is 1. The number of ether oxygens (including phenoxy) is 1. The molecule has 0 radical (unpaired) electrons. The predicted octanol–water partition coefficient (Wildman–Crippen LogP) is 4.63. The SMILES string of the molecule is CC[C@H]1CC(CC(=O)NC2CCC(CCN3CCN(c4noc5ccc(F)cc45)CC3)CC2)=CO1. The average molecular weight is 485 g/mol. The van der Waals surface area contributed by atoms with Crippen molar-refractivity contribution < 1.29 is 18.4 Å². The lowest BCUT2D eigenvalue weighted by Gasteiger charge is -2.36. The number of benzene rings is 1. The highest BCUT2D eigenvalue weighted by atomic mass is 19.1. The zero-order chi connectivity index (χ0) is 24.2. The number of piperazine rings is 1. The Morgan fingerprint density at radius 1 is 1.17 bits per heavy atom. The Morgan fingerprint density at radius 2 is 1.97 bits per heavy atom. The van der Waals surface area contributed by atoms with Gasteiger partial charge in [0.15, 0.2) is 11.4 Å². The first-order chi connectivity index (χ1) is 17.1. The van der Waals surface area contributed by atoms with Crippen molar-refractivity contribution in [3.8, 4) is 0 Å². The molecule has 7 nitrogen and oxygen atoms in total. The van der Waals surface area contributed by atoms with Gasteiger partial charge in [-0.2, -0.15) is 0 Å². The van der Waals surface area contributed by atoms with Gasteiger partial charge in [-0.15, -0.1) is 0 Å². The van der Waals surface area contributed by atoms with E-state index in [9.17, 15) is 9.18 Å². The number of rotatable bonds is 8. The molecule has 0 spiro atoms. The smallest absolute Gasteiger partial charge is 0.224 e. The van der Waals surface area contributed by atoms with E-state index in [0.29, 0.717) is 18.0 Å². The molecule has 1 amide bonds. The van der Waals surface area contributed by atoms with Gasteiger partial charge in [0.1, 0.15) is 11.9 Å². The third kappa shape index (κ3) is 5.97. The normalized spacial score (nSPS) is 25.5. The van der Waals surface area contributed by atoms with Crippen LogP contribution in [-0.4, -0.2) is 60.8 Å². The molecule has 1 atom stereocenters. The van der Waals surface area contributed by atoms with Gasteiger partial charge in [0.25, 0.3) is 0 Å². The van der Waals surface area contributed by atoms with Crippen molar-refractivity contribution >= 4 is 22.7 Å². The quantitative estimate of drug-likeness (QED) is 0.589. The van der Waals surface area contributed by atoms with Gasteiger partial charge in [0.2, 0.25) is 5.91 Å². The average Bonchev–Trinajstić information content (AvgIpc) is 3.50. The summed E-state index contributed by atoms with van der Waals surface area (Å²) in [7, 11) is 0. The van der Waals surface area contributed by atoms with E-state index in [4.69, 9.17) is 9.26 Å². The van der Waals surface area contributed by atoms with Crippen LogP contribution in [0.15, 0.2) is 34.6 Å². The van der Waals surface area contributed by atoms with Crippen LogP contribution in [0, 0.1) is 11.7 Å². The lowest BCUT2D eigenvalue weighted by Crippen LogP contribution is -2.47. The van der Waals surface area contributed by atoms with E-state index in [1.807, 2.05) is 0 Å². The van der Waals surface area contributed by atoms with Gasteiger partial charge in [0, 0.05) is 38.6 Å². The fourth-order valence-electron chi connectivity index (χ4n) is 5.69. The largest absolute Gasteiger partial charge is 0.498 e. The van der Waals surface area contributed by atoms with Crippen LogP contribution in [0.4, 0.5) is 10.2 Å². The molecule has 8 heteroatoms. The molecule has 2 aromatic rings. The van der Waals surface area contributed by atoms with Crippen molar-refractivity contribution in [3.63, 3.8) is 0 Å². The first-order valence-electron chi connectivity index (χ1n) is 13.2. The third-order valence-electron chi connectivity index (χ3n) is 7.91. The summed E-state index contributed by atoms with van der Waals surface area (Å²) in [6.07, 6.45) is 10.1. The van der Waals surface area contributed by atoms with Crippen LogP contribution >= 0.6 is 0 Å². The van der Waals surface area contributed by atoms with Crippen molar-refractivity contribution in [1.29, 1.82) is 0 Å². The van der Waals surface area contributed by atoms with Crippen LogP contribution in [-0.2, 0) is 9.53 Å². The van der Waals surface area contributed by atoms with Crippen LogP contribution in [0.25, 0.3) is 11.0 Å². The highest BCUT2D eigenvalue weighted by Gasteiger charge is 2.26. The van der Waals surface area contributed by atoms with Crippen LogP contribution in [0.1, 0.15) is 58.3 Å². The summed E-state index contributed by atoms with van der Waals surface area (Å²) in [5, 5.41) is 8.20. The van der Waals surface area contributed by atoms with Crippen LogP contribution in [0.2, 0.25) is 0 Å². The van der Waals surface area contributed by atoms with E-state index >= 15 is 0 Å². The highest BCUT2D eigenvalue weighted by Crippen LogP contribution is 2.30. The first-order valence-corrected chi connectivity index (χ1v) is 13.2. The Hall–Kier alpha value is -2.61. The maximum absolute atomic E-state index is 13.7. The van der Waals surface area contributed by atoms with Crippen molar-refractivity contribution in [2.45, 2.75) is 70.4 Å². The van der Waals surface area contributed by atoms with Gasteiger partial charge >= 0.3 is 0 Å². The molecule has 1 saturated carbocycles. The minimum Gasteiger partial charge on any atom is -0.498 e. The van der Waals surface area contributed by atoms with Gasteiger partial charge < -0.3 is 19.5 Å². The molecule has 0 bridgehead atoms. The molecule has 2 fully saturated rings. The first kappa shape index (κ1) is 24.1. The molecule has 3 aliphatic rings. The molecule has 5 rings (SSSR count). The number of nitrogens with zero attached hydrogens (tertiary/aromatic N) is 3.